The highest BCUT2D eigenvalue weighted by atomic mass is 16.3. The van der Waals surface area contributed by atoms with Gasteiger partial charge in [0, 0.05) is 13.0 Å². The normalized spacial score (nSPS) is 16.5. The molecule has 0 spiro atoms. The van der Waals surface area contributed by atoms with Crippen LogP contribution in [0, 0.1) is 5.92 Å². The van der Waals surface area contributed by atoms with Crippen molar-refractivity contribution in [2.24, 2.45) is 5.92 Å². The molecule has 0 atom stereocenters. The van der Waals surface area contributed by atoms with Crippen molar-refractivity contribution in [1.29, 1.82) is 0 Å². The van der Waals surface area contributed by atoms with Crippen molar-refractivity contribution in [3.8, 4) is 0 Å². The van der Waals surface area contributed by atoms with E-state index in [1.54, 1.807) is 0 Å². The molecule has 0 bridgehead atoms. The summed E-state index contributed by atoms with van der Waals surface area (Å²) in [5.74, 6) is 0.191. The van der Waals surface area contributed by atoms with Gasteiger partial charge in [0.2, 0.25) is 11.8 Å². The van der Waals surface area contributed by atoms with Gasteiger partial charge in [-0.05, 0) is 18.8 Å². The van der Waals surface area contributed by atoms with Crippen molar-refractivity contribution >= 4 is 11.8 Å². The van der Waals surface area contributed by atoms with Gasteiger partial charge in [0.05, 0.1) is 13.2 Å². The summed E-state index contributed by atoms with van der Waals surface area (Å²) in [5.41, 5.74) is 0. The first kappa shape index (κ1) is 14.0. The van der Waals surface area contributed by atoms with E-state index in [0.717, 1.165) is 12.8 Å². The molecule has 1 saturated carbocycles. The van der Waals surface area contributed by atoms with Gasteiger partial charge >= 0.3 is 0 Å². The summed E-state index contributed by atoms with van der Waals surface area (Å²) in [7, 11) is 0. The number of hydrogen-bond donors (Lipinski definition) is 3. The molecule has 0 aliphatic heterocycles. The number of amides is 2. The third-order valence-electron chi connectivity index (χ3n) is 3.08. The van der Waals surface area contributed by atoms with Gasteiger partial charge in [0.1, 0.15) is 0 Å². The second-order valence-electron chi connectivity index (χ2n) is 4.56. The van der Waals surface area contributed by atoms with E-state index in [1.165, 1.54) is 19.3 Å². The predicted octanol–water partition coefficient (Wildman–Crippen LogP) is 0.182. The number of carbonyl (C=O) groups is 2. The van der Waals surface area contributed by atoms with Crippen LogP contribution in [0.2, 0.25) is 0 Å². The fraction of sp³-hybridized carbons (Fsp3) is 0.833. The molecule has 5 heteroatoms. The maximum absolute atomic E-state index is 11.5. The summed E-state index contributed by atoms with van der Waals surface area (Å²) in [6, 6.07) is 0. The lowest BCUT2D eigenvalue weighted by molar-refractivity contribution is -0.126. The first-order chi connectivity index (χ1) is 8.22. The molecule has 0 aromatic heterocycles. The molecule has 0 heterocycles. The van der Waals surface area contributed by atoms with E-state index in [-0.39, 0.29) is 31.5 Å². The van der Waals surface area contributed by atoms with Crippen LogP contribution in [-0.4, -0.2) is 36.6 Å². The highest BCUT2D eigenvalue weighted by molar-refractivity contribution is 5.84. The molecule has 2 amide bonds. The van der Waals surface area contributed by atoms with Crippen LogP contribution in [-0.2, 0) is 9.59 Å². The van der Waals surface area contributed by atoms with Crippen molar-refractivity contribution in [2.75, 3.05) is 19.7 Å². The van der Waals surface area contributed by atoms with E-state index >= 15 is 0 Å². The lowest BCUT2D eigenvalue weighted by atomic mass is 9.87. The van der Waals surface area contributed by atoms with Crippen molar-refractivity contribution in [3.63, 3.8) is 0 Å². The fourth-order valence-corrected chi connectivity index (χ4v) is 2.16. The molecule has 0 aromatic rings. The third kappa shape index (κ3) is 6.26. The van der Waals surface area contributed by atoms with Gasteiger partial charge in [-0.15, -0.1) is 0 Å². The van der Waals surface area contributed by atoms with Crippen molar-refractivity contribution in [2.45, 2.75) is 38.5 Å². The molecule has 0 saturated heterocycles. The molecule has 1 rings (SSSR count). The number of nitrogens with one attached hydrogen (secondary N) is 2. The van der Waals surface area contributed by atoms with Gasteiger partial charge in [-0.25, -0.2) is 0 Å². The molecule has 0 aromatic carbocycles. The summed E-state index contributed by atoms with van der Waals surface area (Å²) in [6.07, 6.45) is 6.51. The zero-order valence-electron chi connectivity index (χ0n) is 10.2. The molecule has 1 fully saturated rings. The Kier molecular flexibility index (Phi) is 6.62. The Labute approximate surface area is 102 Å². The largest absolute Gasteiger partial charge is 0.395 e. The zero-order valence-corrected chi connectivity index (χ0v) is 10.2. The van der Waals surface area contributed by atoms with Crippen LogP contribution in [0.15, 0.2) is 0 Å². The number of carbonyl (C=O) groups excluding carboxylic acids is 2. The molecule has 1 aliphatic carbocycles. The number of rotatable bonds is 6. The summed E-state index contributed by atoms with van der Waals surface area (Å²) in [5, 5.41) is 13.6. The van der Waals surface area contributed by atoms with Crippen molar-refractivity contribution < 1.29 is 14.7 Å². The summed E-state index contributed by atoms with van der Waals surface area (Å²) < 4.78 is 0. The highest BCUT2D eigenvalue weighted by Gasteiger charge is 2.17. The second-order valence-corrected chi connectivity index (χ2v) is 4.56. The first-order valence-corrected chi connectivity index (χ1v) is 6.36. The SMILES string of the molecule is O=C(CNC(=O)CC1CCCCC1)NCCO. The zero-order chi connectivity index (χ0) is 12.5. The van der Waals surface area contributed by atoms with Crippen LogP contribution in [0.4, 0.5) is 0 Å². The van der Waals surface area contributed by atoms with Crippen LogP contribution in [0.5, 0.6) is 0 Å². The summed E-state index contributed by atoms with van der Waals surface area (Å²) in [4.78, 5) is 22.7. The van der Waals surface area contributed by atoms with Gasteiger partial charge in [0.15, 0.2) is 0 Å². The summed E-state index contributed by atoms with van der Waals surface area (Å²) in [6.45, 7) is 0.157. The molecule has 98 valence electrons. The maximum atomic E-state index is 11.5. The van der Waals surface area contributed by atoms with Gasteiger partial charge < -0.3 is 15.7 Å². The molecule has 1 aliphatic rings. The van der Waals surface area contributed by atoms with E-state index in [9.17, 15) is 9.59 Å². The Morgan fingerprint density at radius 1 is 1.06 bits per heavy atom. The number of aliphatic hydroxyl groups excluding tert-OH is 1. The Hall–Kier alpha value is -1.10. The van der Waals surface area contributed by atoms with Crippen molar-refractivity contribution in [1.82, 2.24) is 10.6 Å². The minimum Gasteiger partial charge on any atom is -0.395 e. The fourth-order valence-electron chi connectivity index (χ4n) is 2.16. The molecule has 5 nitrogen and oxygen atoms in total. The summed E-state index contributed by atoms with van der Waals surface area (Å²) >= 11 is 0. The quantitative estimate of drug-likeness (QED) is 0.622. The monoisotopic (exact) mass is 242 g/mol. The molecule has 17 heavy (non-hydrogen) atoms. The standard InChI is InChI=1S/C12H22N2O3/c15-7-6-13-12(17)9-14-11(16)8-10-4-2-1-3-5-10/h10,15H,1-9H2,(H,13,17)(H,14,16). The van der Waals surface area contributed by atoms with Gasteiger partial charge in [-0.2, -0.15) is 0 Å². The van der Waals surface area contributed by atoms with Crippen LogP contribution >= 0.6 is 0 Å². The maximum Gasteiger partial charge on any atom is 0.239 e. The smallest absolute Gasteiger partial charge is 0.239 e. The van der Waals surface area contributed by atoms with Crippen LogP contribution in [0.25, 0.3) is 0 Å². The first-order valence-electron chi connectivity index (χ1n) is 6.36. The molecular weight excluding hydrogens is 220 g/mol. The van der Waals surface area contributed by atoms with Crippen LogP contribution < -0.4 is 10.6 Å². The second kappa shape index (κ2) is 8.06. The molecule has 0 unspecified atom stereocenters. The van der Waals surface area contributed by atoms with E-state index in [1.807, 2.05) is 0 Å². The Balaban J connectivity index is 2.09. The van der Waals surface area contributed by atoms with E-state index in [4.69, 9.17) is 5.11 Å². The molecule has 3 N–H and O–H groups in total. The Bertz CT molecular complexity index is 250. The topological polar surface area (TPSA) is 78.4 Å². The average molecular weight is 242 g/mol. The predicted molar refractivity (Wildman–Crippen MR) is 64.3 cm³/mol. The Morgan fingerprint density at radius 3 is 2.41 bits per heavy atom. The number of hydrogen-bond acceptors (Lipinski definition) is 3. The average Bonchev–Trinajstić information content (AvgIpc) is 2.35. The minimum absolute atomic E-state index is 0.00551. The Morgan fingerprint density at radius 2 is 1.76 bits per heavy atom. The highest BCUT2D eigenvalue weighted by Crippen LogP contribution is 2.25. The van der Waals surface area contributed by atoms with Gasteiger partial charge in [0.25, 0.3) is 0 Å². The van der Waals surface area contributed by atoms with Crippen LogP contribution in [0.1, 0.15) is 38.5 Å². The van der Waals surface area contributed by atoms with Crippen LogP contribution in [0.3, 0.4) is 0 Å². The van der Waals surface area contributed by atoms with E-state index in [2.05, 4.69) is 10.6 Å². The third-order valence-corrected chi connectivity index (χ3v) is 3.08. The molecular formula is C12H22N2O3. The number of aliphatic hydroxyl groups is 1. The van der Waals surface area contributed by atoms with E-state index < -0.39 is 0 Å². The van der Waals surface area contributed by atoms with Crippen molar-refractivity contribution in [3.05, 3.63) is 0 Å². The minimum atomic E-state index is -0.254. The molecule has 0 radical (unpaired) electrons. The van der Waals surface area contributed by atoms with Gasteiger partial charge in [-0.1, -0.05) is 19.3 Å². The van der Waals surface area contributed by atoms with Gasteiger partial charge in [-0.3, -0.25) is 9.59 Å². The lowest BCUT2D eigenvalue weighted by Gasteiger charge is -2.20. The van der Waals surface area contributed by atoms with E-state index in [0.29, 0.717) is 12.3 Å². The lowest BCUT2D eigenvalue weighted by Crippen LogP contribution is -2.38.